The Morgan fingerprint density at radius 1 is 1.20 bits per heavy atom. The number of aromatic nitrogens is 2. The highest BCUT2D eigenvalue weighted by Crippen LogP contribution is 2.35. The van der Waals surface area contributed by atoms with E-state index in [0.29, 0.717) is 34.1 Å². The third-order valence-corrected chi connectivity index (χ3v) is 8.43. The van der Waals surface area contributed by atoms with E-state index in [1.807, 2.05) is 36.4 Å². The number of carbonyl (C=O) groups is 1. The first kappa shape index (κ1) is 25.0. The van der Waals surface area contributed by atoms with Crippen LogP contribution in [0.4, 0.5) is 5.82 Å². The van der Waals surface area contributed by atoms with Crippen LogP contribution in [-0.2, 0) is 27.9 Å². The van der Waals surface area contributed by atoms with Crippen molar-refractivity contribution in [1.82, 2.24) is 15.1 Å². The Hall–Kier alpha value is -3.12. The Labute approximate surface area is 211 Å². The molecule has 12 heteroatoms. The number of thiophene rings is 1. The number of amides is 1. The van der Waals surface area contributed by atoms with E-state index >= 15 is 0 Å². The molecule has 0 bridgehead atoms. The first-order valence-electron chi connectivity index (χ1n) is 10.6. The number of nitrogens with two attached hydrogens (primary N) is 1. The van der Waals surface area contributed by atoms with Crippen LogP contribution in [0.2, 0.25) is 4.34 Å². The third-order valence-electron chi connectivity index (χ3n) is 5.37. The number of primary amides is 1. The number of methoxy groups -OCH3 is 1. The van der Waals surface area contributed by atoms with Gasteiger partial charge >= 0.3 is 0 Å². The standard InChI is InChI=1S/C23H24ClN5O4S2/c1-14(22(25)30)26-12-15-5-3-6-16(11-15)13-29-17-7-4-8-18(33-2)21(17)23(27-29)28-35(31,32)20-10-9-19(24)34-20/h3-11,14,26H,12-13H2,1-2H3,(H2,25,30)(H,27,28)/t14-/m0/s1. The van der Waals surface area contributed by atoms with Gasteiger partial charge in [0.15, 0.2) is 5.82 Å². The molecule has 0 fully saturated rings. The van der Waals surface area contributed by atoms with Crippen LogP contribution in [0, 0.1) is 0 Å². The number of nitrogens with zero attached hydrogens (tertiary/aromatic N) is 2. The first-order valence-corrected chi connectivity index (χ1v) is 13.3. The van der Waals surface area contributed by atoms with Crippen molar-refractivity contribution in [3.63, 3.8) is 0 Å². The number of sulfonamides is 1. The molecule has 0 spiro atoms. The highest BCUT2D eigenvalue weighted by atomic mass is 35.5. The van der Waals surface area contributed by atoms with Crippen LogP contribution in [0.1, 0.15) is 18.1 Å². The van der Waals surface area contributed by atoms with Gasteiger partial charge in [-0.05, 0) is 42.3 Å². The van der Waals surface area contributed by atoms with Gasteiger partial charge in [-0.1, -0.05) is 41.9 Å². The molecule has 2 heterocycles. The summed E-state index contributed by atoms with van der Waals surface area (Å²) in [4.78, 5) is 11.3. The number of ether oxygens (including phenoxy) is 1. The molecule has 0 aliphatic carbocycles. The molecule has 1 amide bonds. The molecule has 0 aliphatic heterocycles. The minimum atomic E-state index is -3.89. The average Bonchev–Trinajstić information content (AvgIpc) is 3.41. The largest absolute Gasteiger partial charge is 0.496 e. The number of fused-ring (bicyclic) bond motifs is 1. The zero-order valence-corrected chi connectivity index (χ0v) is 21.4. The van der Waals surface area contributed by atoms with Crippen LogP contribution in [-0.4, -0.2) is 37.3 Å². The second kappa shape index (κ2) is 10.2. The molecule has 4 aromatic rings. The fraction of sp³-hybridized carbons (Fsp3) is 0.217. The van der Waals surface area contributed by atoms with Gasteiger partial charge in [-0.2, -0.15) is 5.10 Å². The van der Waals surface area contributed by atoms with Crippen LogP contribution >= 0.6 is 22.9 Å². The number of benzene rings is 2. The van der Waals surface area contributed by atoms with Gasteiger partial charge in [0, 0.05) is 6.54 Å². The lowest BCUT2D eigenvalue weighted by Crippen LogP contribution is -2.38. The summed E-state index contributed by atoms with van der Waals surface area (Å²) in [6.07, 6.45) is 0. The van der Waals surface area contributed by atoms with Crippen LogP contribution in [0.3, 0.4) is 0 Å². The fourth-order valence-corrected chi connectivity index (χ4v) is 6.05. The zero-order chi connectivity index (χ0) is 25.2. The molecule has 2 aromatic carbocycles. The Balaban J connectivity index is 1.67. The molecular weight excluding hydrogens is 510 g/mol. The van der Waals surface area contributed by atoms with E-state index in [1.54, 1.807) is 17.7 Å². The molecule has 4 rings (SSSR count). The van der Waals surface area contributed by atoms with Crippen molar-refractivity contribution in [1.29, 1.82) is 0 Å². The minimum absolute atomic E-state index is 0.0884. The molecule has 9 nitrogen and oxygen atoms in total. The smallest absolute Gasteiger partial charge is 0.272 e. The van der Waals surface area contributed by atoms with E-state index in [4.69, 9.17) is 22.1 Å². The maximum atomic E-state index is 13.0. The van der Waals surface area contributed by atoms with Gasteiger partial charge in [-0.3, -0.25) is 14.2 Å². The summed E-state index contributed by atoms with van der Waals surface area (Å²) in [5, 5.41) is 8.21. The van der Waals surface area contributed by atoms with Crippen molar-refractivity contribution in [2.24, 2.45) is 5.73 Å². The van der Waals surface area contributed by atoms with Crippen molar-refractivity contribution < 1.29 is 17.9 Å². The number of halogens is 1. The summed E-state index contributed by atoms with van der Waals surface area (Å²) in [6.45, 7) is 2.57. The lowest BCUT2D eigenvalue weighted by Gasteiger charge is -2.11. The predicted octanol–water partition coefficient (Wildman–Crippen LogP) is 3.57. The van der Waals surface area contributed by atoms with E-state index in [2.05, 4.69) is 15.1 Å². The van der Waals surface area contributed by atoms with Crippen molar-refractivity contribution in [3.05, 3.63) is 70.1 Å². The van der Waals surface area contributed by atoms with E-state index in [0.717, 1.165) is 22.5 Å². The molecule has 0 radical (unpaired) electrons. The van der Waals surface area contributed by atoms with E-state index < -0.39 is 22.0 Å². The van der Waals surface area contributed by atoms with Gasteiger partial charge in [-0.15, -0.1) is 11.3 Å². The summed E-state index contributed by atoms with van der Waals surface area (Å²) in [6, 6.07) is 15.8. The summed E-state index contributed by atoms with van der Waals surface area (Å²) < 4.78 is 36.2. The Morgan fingerprint density at radius 3 is 2.63 bits per heavy atom. The summed E-state index contributed by atoms with van der Waals surface area (Å²) in [5.41, 5.74) is 7.94. The average molecular weight is 534 g/mol. The summed E-state index contributed by atoms with van der Waals surface area (Å²) >= 11 is 6.90. The molecular formula is C23H24ClN5O4S2. The van der Waals surface area contributed by atoms with Crippen LogP contribution in [0.15, 0.2) is 58.8 Å². The van der Waals surface area contributed by atoms with E-state index in [1.165, 1.54) is 19.2 Å². The molecule has 0 aliphatic rings. The number of carbonyl (C=O) groups excluding carboxylic acids is 1. The maximum absolute atomic E-state index is 13.0. The van der Waals surface area contributed by atoms with Crippen molar-refractivity contribution >= 4 is 55.6 Å². The number of anilines is 1. The maximum Gasteiger partial charge on any atom is 0.272 e. The topological polar surface area (TPSA) is 128 Å². The van der Waals surface area contributed by atoms with Gasteiger partial charge < -0.3 is 15.8 Å². The number of rotatable bonds is 10. The Kier molecular flexibility index (Phi) is 7.31. The normalized spacial score (nSPS) is 12.5. The highest BCUT2D eigenvalue weighted by Gasteiger charge is 2.23. The molecule has 1 atom stereocenters. The van der Waals surface area contributed by atoms with Gasteiger partial charge in [0.2, 0.25) is 5.91 Å². The predicted molar refractivity (Wildman–Crippen MR) is 137 cm³/mol. The molecule has 0 saturated heterocycles. The number of hydrogen-bond donors (Lipinski definition) is 3. The van der Waals surface area contributed by atoms with Crippen LogP contribution in [0.25, 0.3) is 10.9 Å². The number of hydrogen-bond acceptors (Lipinski definition) is 7. The van der Waals surface area contributed by atoms with Gasteiger partial charge in [0.05, 0.1) is 34.9 Å². The second-order valence-electron chi connectivity index (χ2n) is 7.85. The van der Waals surface area contributed by atoms with Gasteiger partial charge in [-0.25, -0.2) is 8.42 Å². The zero-order valence-electron chi connectivity index (χ0n) is 19.0. The van der Waals surface area contributed by atoms with E-state index in [-0.39, 0.29) is 10.0 Å². The minimum Gasteiger partial charge on any atom is -0.496 e. The lowest BCUT2D eigenvalue weighted by atomic mass is 10.1. The summed E-state index contributed by atoms with van der Waals surface area (Å²) in [5.74, 6) is 0.238. The monoisotopic (exact) mass is 533 g/mol. The SMILES string of the molecule is COc1cccc2c1c(NS(=O)(=O)c1ccc(Cl)s1)nn2Cc1cccc(CN[C@@H](C)C(N)=O)c1. The Bertz CT molecular complexity index is 1480. The second-order valence-corrected chi connectivity index (χ2v) is 11.5. The van der Waals surface area contributed by atoms with Crippen LogP contribution < -0.4 is 20.5 Å². The van der Waals surface area contributed by atoms with Gasteiger partial charge in [0.1, 0.15) is 9.96 Å². The first-order chi connectivity index (χ1) is 16.7. The van der Waals surface area contributed by atoms with Gasteiger partial charge in [0.25, 0.3) is 10.0 Å². The fourth-order valence-electron chi connectivity index (χ4n) is 3.56. The molecule has 2 aromatic heterocycles. The molecule has 0 unspecified atom stereocenters. The van der Waals surface area contributed by atoms with Crippen molar-refractivity contribution in [2.45, 2.75) is 30.3 Å². The quantitative estimate of drug-likeness (QED) is 0.286. The number of nitrogens with one attached hydrogen (secondary N) is 2. The highest BCUT2D eigenvalue weighted by molar-refractivity contribution is 7.94. The molecule has 4 N–H and O–H groups in total. The van der Waals surface area contributed by atoms with Crippen molar-refractivity contribution in [3.8, 4) is 5.75 Å². The Morgan fingerprint density at radius 2 is 1.94 bits per heavy atom. The molecule has 35 heavy (non-hydrogen) atoms. The van der Waals surface area contributed by atoms with Crippen molar-refractivity contribution in [2.75, 3.05) is 11.8 Å². The third kappa shape index (κ3) is 5.59. The summed E-state index contributed by atoms with van der Waals surface area (Å²) in [7, 11) is -2.37. The molecule has 184 valence electrons. The van der Waals surface area contributed by atoms with Crippen LogP contribution in [0.5, 0.6) is 5.75 Å². The lowest BCUT2D eigenvalue weighted by molar-refractivity contribution is -0.119. The van der Waals surface area contributed by atoms with E-state index in [9.17, 15) is 13.2 Å². The molecule has 0 saturated carbocycles.